The highest BCUT2D eigenvalue weighted by atomic mass is 32.1. The van der Waals surface area contributed by atoms with E-state index in [9.17, 15) is 4.79 Å². The maximum absolute atomic E-state index is 12.2. The number of fused-ring (bicyclic) bond motifs is 2. The predicted octanol–water partition coefficient (Wildman–Crippen LogP) is 4.51. The molecule has 0 atom stereocenters. The molecule has 6 heteroatoms. The molecule has 2 N–H and O–H groups in total. The lowest BCUT2D eigenvalue weighted by atomic mass is 10.0. The van der Waals surface area contributed by atoms with Gasteiger partial charge in [-0.15, -0.1) is 11.3 Å². The van der Waals surface area contributed by atoms with Crippen LogP contribution in [0.1, 0.15) is 29.0 Å². The van der Waals surface area contributed by atoms with Crippen molar-refractivity contribution in [2.45, 2.75) is 32.2 Å². The number of thiazole rings is 1. The fourth-order valence-electron chi connectivity index (χ4n) is 3.24. The van der Waals surface area contributed by atoms with Crippen LogP contribution in [0.25, 0.3) is 10.8 Å². The monoisotopic (exact) mass is 367 g/mol. The van der Waals surface area contributed by atoms with E-state index in [1.807, 2.05) is 30.3 Å². The largest absolute Gasteiger partial charge is 0.497 e. The predicted molar refractivity (Wildman–Crippen MR) is 105 cm³/mol. The Bertz CT molecular complexity index is 928. The average Bonchev–Trinajstić information content (AvgIpc) is 3.08. The van der Waals surface area contributed by atoms with Gasteiger partial charge in [-0.05, 0) is 60.2 Å². The molecular weight excluding hydrogens is 346 g/mol. The third-order valence-electron chi connectivity index (χ3n) is 4.63. The van der Waals surface area contributed by atoms with E-state index in [0.717, 1.165) is 40.6 Å². The maximum Gasteiger partial charge on any atom is 0.321 e. The van der Waals surface area contributed by atoms with E-state index in [1.165, 1.54) is 17.7 Å². The molecule has 0 fully saturated rings. The number of hydrogen-bond acceptors (Lipinski definition) is 4. The molecule has 0 saturated carbocycles. The molecule has 4 rings (SSSR count). The van der Waals surface area contributed by atoms with Crippen molar-refractivity contribution in [1.29, 1.82) is 0 Å². The van der Waals surface area contributed by atoms with Gasteiger partial charge in [-0.3, -0.25) is 5.32 Å². The number of nitrogens with one attached hydrogen (secondary N) is 2. The van der Waals surface area contributed by atoms with Gasteiger partial charge in [-0.25, -0.2) is 9.78 Å². The molecule has 2 amide bonds. The van der Waals surface area contributed by atoms with E-state index in [1.54, 1.807) is 18.4 Å². The molecular formula is C20H21N3O2S. The van der Waals surface area contributed by atoms with E-state index in [4.69, 9.17) is 4.74 Å². The number of benzene rings is 2. The molecule has 5 nitrogen and oxygen atoms in total. The van der Waals surface area contributed by atoms with Crippen LogP contribution in [0.3, 0.4) is 0 Å². The zero-order valence-corrected chi connectivity index (χ0v) is 15.5. The molecule has 0 aliphatic heterocycles. The Kier molecular flexibility index (Phi) is 4.75. The quantitative estimate of drug-likeness (QED) is 0.713. The number of rotatable bonds is 4. The van der Waals surface area contributed by atoms with Crippen LogP contribution in [0.5, 0.6) is 5.75 Å². The summed E-state index contributed by atoms with van der Waals surface area (Å²) in [6, 6.07) is 11.9. The van der Waals surface area contributed by atoms with Gasteiger partial charge >= 0.3 is 6.03 Å². The minimum atomic E-state index is -0.217. The van der Waals surface area contributed by atoms with E-state index in [-0.39, 0.29) is 6.03 Å². The molecule has 0 bridgehead atoms. The topological polar surface area (TPSA) is 63.2 Å². The van der Waals surface area contributed by atoms with Gasteiger partial charge < -0.3 is 10.1 Å². The molecule has 3 aromatic rings. The van der Waals surface area contributed by atoms with Crippen LogP contribution in [-0.2, 0) is 19.4 Å². The Morgan fingerprint density at radius 1 is 1.15 bits per heavy atom. The number of ether oxygens (including phenoxy) is 1. The number of carbonyl (C=O) groups is 1. The summed E-state index contributed by atoms with van der Waals surface area (Å²) in [7, 11) is 1.66. The van der Waals surface area contributed by atoms with Gasteiger partial charge in [-0.1, -0.05) is 18.2 Å². The van der Waals surface area contributed by atoms with Crippen molar-refractivity contribution in [3.63, 3.8) is 0 Å². The molecule has 0 saturated heterocycles. The van der Waals surface area contributed by atoms with Crippen molar-refractivity contribution in [3.8, 4) is 5.75 Å². The minimum Gasteiger partial charge on any atom is -0.497 e. The van der Waals surface area contributed by atoms with Crippen LogP contribution in [-0.4, -0.2) is 18.1 Å². The number of nitrogens with zero attached hydrogens (tertiary/aromatic N) is 1. The summed E-state index contributed by atoms with van der Waals surface area (Å²) in [5.41, 5.74) is 2.21. The Labute approximate surface area is 156 Å². The van der Waals surface area contributed by atoms with E-state index in [0.29, 0.717) is 11.7 Å². The van der Waals surface area contributed by atoms with E-state index in [2.05, 4.69) is 21.7 Å². The van der Waals surface area contributed by atoms with Crippen molar-refractivity contribution >= 4 is 33.3 Å². The summed E-state index contributed by atoms with van der Waals surface area (Å²) in [6.07, 6.45) is 4.51. The second-order valence-corrected chi connectivity index (χ2v) is 7.53. The first-order chi connectivity index (χ1) is 12.7. The highest BCUT2D eigenvalue weighted by Gasteiger charge is 2.16. The minimum absolute atomic E-state index is 0.217. The summed E-state index contributed by atoms with van der Waals surface area (Å²) in [5, 5.41) is 8.70. The zero-order chi connectivity index (χ0) is 17.9. The van der Waals surface area contributed by atoms with Crippen LogP contribution >= 0.6 is 11.3 Å². The van der Waals surface area contributed by atoms with Crippen LogP contribution < -0.4 is 15.4 Å². The lowest BCUT2D eigenvalue weighted by Gasteiger charge is -2.08. The first-order valence-corrected chi connectivity index (χ1v) is 9.63. The number of urea groups is 1. The Hall–Kier alpha value is -2.60. The summed E-state index contributed by atoms with van der Waals surface area (Å²) in [4.78, 5) is 18.0. The van der Waals surface area contributed by atoms with Crippen LogP contribution in [0.15, 0.2) is 36.4 Å². The fraction of sp³-hybridized carbons (Fsp3) is 0.300. The Morgan fingerprint density at radius 3 is 2.81 bits per heavy atom. The van der Waals surface area contributed by atoms with Crippen molar-refractivity contribution in [2.75, 3.05) is 12.4 Å². The van der Waals surface area contributed by atoms with Gasteiger partial charge in [0, 0.05) is 11.4 Å². The first kappa shape index (κ1) is 16.8. The molecule has 134 valence electrons. The third kappa shape index (κ3) is 3.65. The Balaban J connectivity index is 1.38. The fourth-order valence-corrected chi connectivity index (χ4v) is 4.28. The zero-order valence-electron chi connectivity index (χ0n) is 14.7. The summed E-state index contributed by atoms with van der Waals surface area (Å²) in [6.45, 7) is 0.471. The Morgan fingerprint density at radius 2 is 1.96 bits per heavy atom. The molecule has 0 unspecified atom stereocenters. The van der Waals surface area contributed by atoms with Crippen molar-refractivity contribution < 1.29 is 9.53 Å². The summed E-state index contributed by atoms with van der Waals surface area (Å²) < 4.78 is 5.25. The highest BCUT2D eigenvalue weighted by molar-refractivity contribution is 7.15. The van der Waals surface area contributed by atoms with Crippen molar-refractivity contribution in [3.05, 3.63) is 52.5 Å². The van der Waals surface area contributed by atoms with E-state index >= 15 is 0 Å². The van der Waals surface area contributed by atoms with Crippen LogP contribution in [0, 0.1) is 0 Å². The standard InChI is InChI=1S/C20H21N3O2S/c1-25-16-9-8-14-10-13(6-7-15(14)11-16)12-21-19(24)23-20-22-17-4-2-3-5-18(17)26-20/h6-11H,2-5,12H2,1H3,(H2,21,22,23,24). The number of amides is 2. The molecule has 0 radical (unpaired) electrons. The number of methoxy groups -OCH3 is 1. The van der Waals surface area contributed by atoms with Crippen LogP contribution in [0.4, 0.5) is 9.93 Å². The number of anilines is 1. The first-order valence-electron chi connectivity index (χ1n) is 8.81. The van der Waals surface area contributed by atoms with Gasteiger partial charge in [0.15, 0.2) is 5.13 Å². The normalized spacial score (nSPS) is 13.3. The lowest BCUT2D eigenvalue weighted by Crippen LogP contribution is -2.28. The third-order valence-corrected chi connectivity index (χ3v) is 5.70. The van der Waals surface area contributed by atoms with Crippen molar-refractivity contribution in [1.82, 2.24) is 10.3 Å². The smallest absolute Gasteiger partial charge is 0.321 e. The summed E-state index contributed by atoms with van der Waals surface area (Å²) in [5.74, 6) is 0.842. The number of aryl methyl sites for hydroxylation is 2. The highest BCUT2D eigenvalue weighted by Crippen LogP contribution is 2.29. The molecule has 2 aromatic carbocycles. The van der Waals surface area contributed by atoms with Crippen molar-refractivity contribution in [2.24, 2.45) is 0 Å². The van der Waals surface area contributed by atoms with E-state index < -0.39 is 0 Å². The molecule has 1 aromatic heterocycles. The van der Waals surface area contributed by atoms with Crippen LogP contribution in [0.2, 0.25) is 0 Å². The number of carbonyl (C=O) groups excluding carboxylic acids is 1. The number of aromatic nitrogens is 1. The molecule has 1 heterocycles. The lowest BCUT2D eigenvalue weighted by molar-refractivity contribution is 0.251. The van der Waals surface area contributed by atoms with Gasteiger partial charge in [0.2, 0.25) is 0 Å². The second-order valence-electron chi connectivity index (χ2n) is 6.45. The van der Waals surface area contributed by atoms with Gasteiger partial charge in [0.25, 0.3) is 0 Å². The van der Waals surface area contributed by atoms with Gasteiger partial charge in [-0.2, -0.15) is 0 Å². The molecule has 1 aliphatic carbocycles. The second kappa shape index (κ2) is 7.33. The average molecular weight is 367 g/mol. The van der Waals surface area contributed by atoms with Gasteiger partial charge in [0.1, 0.15) is 5.75 Å². The molecule has 26 heavy (non-hydrogen) atoms. The molecule has 0 spiro atoms. The number of hydrogen-bond donors (Lipinski definition) is 2. The molecule has 1 aliphatic rings. The van der Waals surface area contributed by atoms with Gasteiger partial charge in [0.05, 0.1) is 12.8 Å². The maximum atomic E-state index is 12.2. The SMILES string of the molecule is COc1ccc2cc(CNC(=O)Nc3nc4c(s3)CCCC4)ccc2c1. The summed E-state index contributed by atoms with van der Waals surface area (Å²) >= 11 is 1.60.